The van der Waals surface area contributed by atoms with Gasteiger partial charge in [0, 0.05) is 30.3 Å². The maximum atomic E-state index is 12.8. The molecule has 2 saturated carbocycles. The molecule has 2 saturated heterocycles. The van der Waals surface area contributed by atoms with Crippen molar-refractivity contribution in [3.63, 3.8) is 0 Å². The standard InChI is InChI=1S/C22H25F2N5O2/c23-22(24)31-18-5-13(8-26-20(18)25)17-7-19(29-9-15-6-14(29)10-30-15)28-21(27-17)16-4-11-1-2-12(16)3-11/h5,7-8,11-12,14-16,22H,1-4,6,9-10H2,(H2,25,26). The summed E-state index contributed by atoms with van der Waals surface area (Å²) in [5.41, 5.74) is 6.99. The van der Waals surface area contributed by atoms with Crippen LogP contribution in [0.5, 0.6) is 5.75 Å². The minimum atomic E-state index is -2.97. The predicted octanol–water partition coefficient (Wildman–Crippen LogP) is 3.60. The summed E-state index contributed by atoms with van der Waals surface area (Å²) < 4.78 is 35.9. The molecule has 0 aromatic carbocycles. The van der Waals surface area contributed by atoms with Crippen molar-refractivity contribution >= 4 is 11.6 Å². The first-order chi connectivity index (χ1) is 15.0. The van der Waals surface area contributed by atoms with Crippen molar-refractivity contribution in [1.82, 2.24) is 15.0 Å². The van der Waals surface area contributed by atoms with E-state index in [0.717, 1.165) is 36.9 Å². The number of ether oxygens (including phenoxy) is 2. The fourth-order valence-electron chi connectivity index (χ4n) is 5.94. The molecule has 0 amide bonds. The lowest BCUT2D eigenvalue weighted by Crippen LogP contribution is -2.37. The Morgan fingerprint density at radius 1 is 1.16 bits per heavy atom. The normalized spacial score (nSPS) is 31.2. The number of fused-ring (bicyclic) bond motifs is 4. The van der Waals surface area contributed by atoms with Gasteiger partial charge in [-0.15, -0.1) is 0 Å². The fourth-order valence-corrected chi connectivity index (χ4v) is 5.94. The highest BCUT2D eigenvalue weighted by molar-refractivity contribution is 5.67. The van der Waals surface area contributed by atoms with Crippen LogP contribution in [-0.4, -0.2) is 46.9 Å². The number of rotatable bonds is 5. The summed E-state index contributed by atoms with van der Waals surface area (Å²) >= 11 is 0. The zero-order valence-electron chi connectivity index (χ0n) is 17.1. The Labute approximate surface area is 179 Å². The van der Waals surface area contributed by atoms with Crippen LogP contribution in [0.25, 0.3) is 11.3 Å². The summed E-state index contributed by atoms with van der Waals surface area (Å²) in [4.78, 5) is 16.3. The Balaban J connectivity index is 1.41. The quantitative estimate of drug-likeness (QED) is 0.777. The number of halogens is 2. The molecule has 2 N–H and O–H groups in total. The summed E-state index contributed by atoms with van der Waals surface area (Å²) in [7, 11) is 0. The van der Waals surface area contributed by atoms with Crippen molar-refractivity contribution in [2.75, 3.05) is 23.8 Å². The van der Waals surface area contributed by atoms with Gasteiger partial charge in [0.1, 0.15) is 11.6 Å². The third-order valence-corrected chi connectivity index (χ3v) is 7.39. The van der Waals surface area contributed by atoms with Gasteiger partial charge < -0.3 is 20.1 Å². The summed E-state index contributed by atoms with van der Waals surface area (Å²) in [6.07, 6.45) is 7.74. The highest BCUT2D eigenvalue weighted by Crippen LogP contribution is 2.52. The lowest BCUT2D eigenvalue weighted by atomic mass is 9.88. The molecule has 5 unspecified atom stereocenters. The minimum Gasteiger partial charge on any atom is -0.431 e. The number of nitrogens with zero attached hydrogens (tertiary/aromatic N) is 4. The second-order valence-corrected chi connectivity index (χ2v) is 9.23. The van der Waals surface area contributed by atoms with Crippen molar-refractivity contribution in [2.45, 2.75) is 56.8 Å². The lowest BCUT2D eigenvalue weighted by Gasteiger charge is -2.29. The maximum absolute atomic E-state index is 12.8. The van der Waals surface area contributed by atoms with E-state index in [0.29, 0.717) is 35.7 Å². The molecule has 2 aliphatic heterocycles. The Kier molecular flexibility index (Phi) is 4.48. The molecule has 2 aromatic rings. The van der Waals surface area contributed by atoms with Gasteiger partial charge in [-0.2, -0.15) is 8.78 Å². The van der Waals surface area contributed by atoms with Crippen molar-refractivity contribution in [3.05, 3.63) is 24.2 Å². The van der Waals surface area contributed by atoms with Crippen molar-refractivity contribution in [3.8, 4) is 17.0 Å². The molecule has 0 spiro atoms. The number of hydrogen-bond donors (Lipinski definition) is 1. The smallest absolute Gasteiger partial charge is 0.387 e. The fraction of sp³-hybridized carbons (Fsp3) is 0.591. The zero-order chi connectivity index (χ0) is 21.1. The van der Waals surface area contributed by atoms with Gasteiger partial charge in [-0.1, -0.05) is 6.42 Å². The molecule has 4 fully saturated rings. The molecule has 0 radical (unpaired) electrons. The molecule has 9 heteroatoms. The van der Waals surface area contributed by atoms with Crippen molar-refractivity contribution in [2.24, 2.45) is 11.8 Å². The Hall–Kier alpha value is -2.55. The zero-order valence-corrected chi connectivity index (χ0v) is 17.1. The molecule has 2 aromatic heterocycles. The molecule has 2 aliphatic carbocycles. The Bertz CT molecular complexity index is 960. The van der Waals surface area contributed by atoms with Crippen LogP contribution in [0, 0.1) is 11.8 Å². The van der Waals surface area contributed by atoms with Gasteiger partial charge in [0.05, 0.1) is 24.4 Å². The monoisotopic (exact) mass is 429 g/mol. The molecule has 7 nitrogen and oxygen atoms in total. The van der Waals surface area contributed by atoms with Crippen molar-refractivity contribution < 1.29 is 18.3 Å². The van der Waals surface area contributed by atoms with E-state index in [4.69, 9.17) is 20.4 Å². The maximum Gasteiger partial charge on any atom is 0.387 e. The van der Waals surface area contributed by atoms with E-state index in [1.165, 1.54) is 25.3 Å². The molecule has 31 heavy (non-hydrogen) atoms. The van der Waals surface area contributed by atoms with Crippen LogP contribution in [-0.2, 0) is 4.74 Å². The molecule has 164 valence electrons. The van der Waals surface area contributed by atoms with Gasteiger partial charge in [-0.05, 0) is 43.6 Å². The Morgan fingerprint density at radius 3 is 2.74 bits per heavy atom. The molecule has 4 bridgehead atoms. The van der Waals surface area contributed by atoms with E-state index in [9.17, 15) is 8.78 Å². The third-order valence-electron chi connectivity index (χ3n) is 7.39. The highest BCUT2D eigenvalue weighted by Gasteiger charge is 2.43. The van der Waals surface area contributed by atoms with Gasteiger partial charge in [0.2, 0.25) is 0 Å². The molecule has 5 atom stereocenters. The number of pyridine rings is 1. The van der Waals surface area contributed by atoms with Crippen LogP contribution >= 0.6 is 0 Å². The van der Waals surface area contributed by atoms with Gasteiger partial charge in [0.15, 0.2) is 11.6 Å². The number of nitrogen functional groups attached to an aromatic ring is 1. The van der Waals surface area contributed by atoms with Crippen molar-refractivity contribution in [1.29, 1.82) is 0 Å². The predicted molar refractivity (Wildman–Crippen MR) is 110 cm³/mol. The summed E-state index contributed by atoms with van der Waals surface area (Å²) in [6, 6.07) is 3.74. The molecular formula is C22H25F2N5O2. The van der Waals surface area contributed by atoms with Gasteiger partial charge in [0.25, 0.3) is 0 Å². The number of nitrogens with two attached hydrogens (primary N) is 1. The van der Waals surface area contributed by atoms with E-state index in [1.807, 2.05) is 6.07 Å². The van der Waals surface area contributed by atoms with E-state index < -0.39 is 6.61 Å². The molecular weight excluding hydrogens is 404 g/mol. The molecule has 4 aliphatic rings. The SMILES string of the molecule is Nc1ncc(-c2cc(N3CC4CC3CO4)nc(C3CC4CCC3C4)n2)cc1OC(F)F. The third kappa shape index (κ3) is 3.39. The van der Waals surface area contributed by atoms with Crippen LogP contribution in [0.1, 0.15) is 43.8 Å². The second kappa shape index (κ2) is 7.25. The Morgan fingerprint density at radius 2 is 2.06 bits per heavy atom. The van der Waals surface area contributed by atoms with Crippen LogP contribution in [0.4, 0.5) is 20.4 Å². The first-order valence-electron chi connectivity index (χ1n) is 11.0. The number of morpholine rings is 1. The van der Waals surface area contributed by atoms with Gasteiger partial charge in [-0.25, -0.2) is 15.0 Å². The lowest BCUT2D eigenvalue weighted by molar-refractivity contribution is -0.0494. The second-order valence-electron chi connectivity index (χ2n) is 9.23. The summed E-state index contributed by atoms with van der Waals surface area (Å²) in [6.45, 7) is -1.44. The minimum absolute atomic E-state index is 0.0688. The largest absolute Gasteiger partial charge is 0.431 e. The van der Waals surface area contributed by atoms with E-state index in [2.05, 4.69) is 14.6 Å². The highest BCUT2D eigenvalue weighted by atomic mass is 19.3. The van der Waals surface area contributed by atoms with E-state index >= 15 is 0 Å². The van der Waals surface area contributed by atoms with E-state index in [1.54, 1.807) is 6.20 Å². The first-order valence-corrected chi connectivity index (χ1v) is 11.0. The molecule has 6 rings (SSSR count). The molecule has 4 heterocycles. The van der Waals surface area contributed by atoms with Crippen LogP contribution in [0.3, 0.4) is 0 Å². The summed E-state index contributed by atoms with van der Waals surface area (Å²) in [5.74, 6) is 3.29. The van der Waals surface area contributed by atoms with Gasteiger partial charge >= 0.3 is 6.61 Å². The van der Waals surface area contributed by atoms with Crippen LogP contribution in [0.2, 0.25) is 0 Å². The summed E-state index contributed by atoms with van der Waals surface area (Å²) in [5, 5.41) is 0. The van der Waals surface area contributed by atoms with Crippen LogP contribution in [0.15, 0.2) is 18.3 Å². The number of anilines is 2. The first kappa shape index (κ1) is 19.2. The topological polar surface area (TPSA) is 86.4 Å². The average molecular weight is 429 g/mol. The van der Waals surface area contributed by atoms with E-state index in [-0.39, 0.29) is 17.7 Å². The average Bonchev–Trinajstić information content (AvgIpc) is 3.56. The van der Waals surface area contributed by atoms with Crippen LogP contribution < -0.4 is 15.4 Å². The number of alkyl halides is 2. The number of aromatic nitrogens is 3. The van der Waals surface area contributed by atoms with Gasteiger partial charge in [-0.3, -0.25) is 0 Å². The number of hydrogen-bond acceptors (Lipinski definition) is 7.